The molecule has 0 bridgehead atoms. The molecule has 1 aromatic carbocycles. The average molecular weight is 248 g/mol. The Morgan fingerprint density at radius 2 is 1.83 bits per heavy atom. The van der Waals surface area contributed by atoms with Crippen molar-refractivity contribution >= 4 is 11.8 Å². The number of carbonyl (C=O) groups excluding carboxylic acids is 2. The maximum Gasteiger partial charge on any atom is 0.316 e. The third-order valence-electron chi connectivity index (χ3n) is 2.74. The van der Waals surface area contributed by atoms with Gasteiger partial charge in [-0.15, -0.1) is 0 Å². The molecule has 3 heteroatoms. The maximum absolute atomic E-state index is 12.0. The summed E-state index contributed by atoms with van der Waals surface area (Å²) in [5.41, 5.74) is 0.986. The van der Waals surface area contributed by atoms with Crippen LogP contribution in [0.1, 0.15) is 32.3 Å². The highest BCUT2D eigenvalue weighted by Gasteiger charge is 2.27. The Bertz CT molecular complexity index is 366. The van der Waals surface area contributed by atoms with E-state index in [9.17, 15) is 9.59 Å². The van der Waals surface area contributed by atoms with Crippen LogP contribution in [-0.2, 0) is 20.7 Å². The quantitative estimate of drug-likeness (QED) is 0.550. The first-order valence-electron chi connectivity index (χ1n) is 6.42. The van der Waals surface area contributed by atoms with Crippen LogP contribution >= 0.6 is 0 Å². The second-order valence-electron chi connectivity index (χ2n) is 4.21. The van der Waals surface area contributed by atoms with Crippen LogP contribution in [0.15, 0.2) is 30.3 Å². The molecule has 0 amide bonds. The van der Waals surface area contributed by atoms with Gasteiger partial charge in [0.05, 0.1) is 6.61 Å². The van der Waals surface area contributed by atoms with E-state index in [1.165, 1.54) is 0 Å². The van der Waals surface area contributed by atoms with Gasteiger partial charge in [0, 0.05) is 6.42 Å². The molecule has 0 aliphatic rings. The molecule has 0 spiro atoms. The SMILES string of the molecule is CCCC(=O)[C@H](Cc1ccccc1)C(=O)OCC. The van der Waals surface area contributed by atoms with Gasteiger partial charge in [-0.2, -0.15) is 0 Å². The second kappa shape index (κ2) is 7.64. The number of Topliss-reactive ketones (excluding diaryl/α,β-unsaturated/α-hetero) is 1. The molecule has 0 aliphatic heterocycles. The van der Waals surface area contributed by atoms with Crippen molar-refractivity contribution in [1.82, 2.24) is 0 Å². The maximum atomic E-state index is 12.0. The van der Waals surface area contributed by atoms with Gasteiger partial charge in [0.2, 0.25) is 0 Å². The first-order valence-corrected chi connectivity index (χ1v) is 6.42. The van der Waals surface area contributed by atoms with Crippen molar-refractivity contribution in [2.75, 3.05) is 6.61 Å². The number of ether oxygens (including phenoxy) is 1. The zero-order valence-electron chi connectivity index (χ0n) is 11.0. The predicted molar refractivity (Wildman–Crippen MR) is 70.2 cm³/mol. The number of carbonyl (C=O) groups is 2. The van der Waals surface area contributed by atoms with Crippen LogP contribution < -0.4 is 0 Å². The highest BCUT2D eigenvalue weighted by Crippen LogP contribution is 2.14. The molecule has 1 rings (SSSR count). The standard InChI is InChI=1S/C15H20O3/c1-3-8-14(16)13(15(17)18-4-2)11-12-9-6-5-7-10-12/h5-7,9-10,13H,3-4,8,11H2,1-2H3/t13-/m0/s1. The molecular weight excluding hydrogens is 228 g/mol. The van der Waals surface area contributed by atoms with Crippen molar-refractivity contribution in [1.29, 1.82) is 0 Å². The van der Waals surface area contributed by atoms with E-state index in [1.807, 2.05) is 37.3 Å². The van der Waals surface area contributed by atoms with Gasteiger partial charge in [-0.25, -0.2) is 0 Å². The van der Waals surface area contributed by atoms with E-state index < -0.39 is 11.9 Å². The summed E-state index contributed by atoms with van der Waals surface area (Å²) in [6.45, 7) is 3.99. The van der Waals surface area contributed by atoms with Crippen molar-refractivity contribution in [3.8, 4) is 0 Å². The van der Waals surface area contributed by atoms with Crippen LogP contribution in [-0.4, -0.2) is 18.4 Å². The lowest BCUT2D eigenvalue weighted by Gasteiger charge is -2.14. The molecule has 0 N–H and O–H groups in total. The molecule has 0 saturated heterocycles. The molecule has 3 nitrogen and oxygen atoms in total. The van der Waals surface area contributed by atoms with E-state index in [-0.39, 0.29) is 5.78 Å². The van der Waals surface area contributed by atoms with E-state index in [0.29, 0.717) is 19.4 Å². The Kier molecular flexibility index (Phi) is 6.12. The lowest BCUT2D eigenvalue weighted by Crippen LogP contribution is -2.28. The Balaban J connectivity index is 2.77. The molecule has 0 fully saturated rings. The average Bonchev–Trinajstić information content (AvgIpc) is 2.37. The van der Waals surface area contributed by atoms with Gasteiger partial charge in [0.15, 0.2) is 0 Å². The number of ketones is 1. The first kappa shape index (κ1) is 14.4. The Morgan fingerprint density at radius 1 is 1.17 bits per heavy atom. The predicted octanol–water partition coefficient (Wildman–Crippen LogP) is 2.78. The van der Waals surface area contributed by atoms with Crippen molar-refractivity contribution in [3.63, 3.8) is 0 Å². The molecule has 0 aliphatic carbocycles. The fraction of sp³-hybridized carbons (Fsp3) is 0.467. The Morgan fingerprint density at radius 3 is 2.39 bits per heavy atom. The highest BCUT2D eigenvalue weighted by atomic mass is 16.5. The van der Waals surface area contributed by atoms with Gasteiger partial charge in [0.1, 0.15) is 11.7 Å². The number of hydrogen-bond acceptors (Lipinski definition) is 3. The van der Waals surface area contributed by atoms with Crippen molar-refractivity contribution in [3.05, 3.63) is 35.9 Å². The van der Waals surface area contributed by atoms with Crippen LogP contribution in [0.5, 0.6) is 0 Å². The van der Waals surface area contributed by atoms with Crippen molar-refractivity contribution in [2.24, 2.45) is 5.92 Å². The van der Waals surface area contributed by atoms with Gasteiger partial charge >= 0.3 is 5.97 Å². The second-order valence-corrected chi connectivity index (χ2v) is 4.21. The van der Waals surface area contributed by atoms with E-state index in [0.717, 1.165) is 12.0 Å². The van der Waals surface area contributed by atoms with Crippen LogP contribution in [0.4, 0.5) is 0 Å². The third kappa shape index (κ3) is 4.32. The van der Waals surface area contributed by atoms with Crippen molar-refractivity contribution < 1.29 is 14.3 Å². The van der Waals surface area contributed by atoms with Gasteiger partial charge < -0.3 is 4.74 Å². The smallest absolute Gasteiger partial charge is 0.316 e. The summed E-state index contributed by atoms with van der Waals surface area (Å²) in [7, 11) is 0. The largest absolute Gasteiger partial charge is 0.465 e. The van der Waals surface area contributed by atoms with Crippen LogP contribution in [0.3, 0.4) is 0 Å². The van der Waals surface area contributed by atoms with Crippen LogP contribution in [0, 0.1) is 5.92 Å². The van der Waals surface area contributed by atoms with E-state index in [4.69, 9.17) is 4.74 Å². The number of esters is 1. The van der Waals surface area contributed by atoms with Crippen molar-refractivity contribution in [2.45, 2.75) is 33.1 Å². The summed E-state index contributed by atoms with van der Waals surface area (Å²) in [4.78, 5) is 23.8. The first-order chi connectivity index (χ1) is 8.69. The molecule has 0 heterocycles. The Labute approximate surface area is 108 Å². The molecule has 98 valence electrons. The Hall–Kier alpha value is -1.64. The summed E-state index contributed by atoms with van der Waals surface area (Å²) in [6.07, 6.45) is 1.61. The molecule has 0 radical (unpaired) electrons. The molecular formula is C15H20O3. The fourth-order valence-electron chi connectivity index (χ4n) is 1.84. The topological polar surface area (TPSA) is 43.4 Å². The van der Waals surface area contributed by atoms with Gasteiger partial charge in [-0.1, -0.05) is 37.3 Å². The normalized spacial score (nSPS) is 11.9. The van der Waals surface area contributed by atoms with Gasteiger partial charge in [-0.3, -0.25) is 9.59 Å². The summed E-state index contributed by atoms with van der Waals surface area (Å²) in [5.74, 6) is -1.09. The third-order valence-corrected chi connectivity index (χ3v) is 2.74. The summed E-state index contributed by atoms with van der Waals surface area (Å²) in [5, 5.41) is 0. The van der Waals surface area contributed by atoms with Gasteiger partial charge in [-0.05, 0) is 25.3 Å². The van der Waals surface area contributed by atoms with Crippen LogP contribution in [0.25, 0.3) is 0 Å². The van der Waals surface area contributed by atoms with E-state index >= 15 is 0 Å². The minimum atomic E-state index is -0.660. The fourth-order valence-corrected chi connectivity index (χ4v) is 1.84. The molecule has 18 heavy (non-hydrogen) atoms. The van der Waals surface area contributed by atoms with E-state index in [1.54, 1.807) is 6.92 Å². The van der Waals surface area contributed by atoms with Gasteiger partial charge in [0.25, 0.3) is 0 Å². The minimum absolute atomic E-state index is 0.0280. The highest BCUT2D eigenvalue weighted by molar-refractivity contribution is 5.99. The molecule has 0 aromatic heterocycles. The monoisotopic (exact) mass is 248 g/mol. The number of rotatable bonds is 7. The summed E-state index contributed by atoms with van der Waals surface area (Å²) >= 11 is 0. The lowest BCUT2D eigenvalue weighted by molar-refractivity contribution is -0.151. The molecule has 0 saturated carbocycles. The van der Waals surface area contributed by atoms with Crippen LogP contribution in [0.2, 0.25) is 0 Å². The summed E-state index contributed by atoms with van der Waals surface area (Å²) < 4.78 is 4.98. The molecule has 1 atom stereocenters. The lowest BCUT2D eigenvalue weighted by atomic mass is 9.93. The zero-order chi connectivity index (χ0) is 13.4. The minimum Gasteiger partial charge on any atom is -0.465 e. The number of benzene rings is 1. The molecule has 1 aromatic rings. The summed E-state index contributed by atoms with van der Waals surface area (Å²) in [6, 6.07) is 9.57. The van der Waals surface area contributed by atoms with E-state index in [2.05, 4.69) is 0 Å². The molecule has 0 unspecified atom stereocenters. The zero-order valence-corrected chi connectivity index (χ0v) is 11.0. The number of hydrogen-bond donors (Lipinski definition) is 0.